The maximum absolute atomic E-state index is 14.0. The van der Waals surface area contributed by atoms with Gasteiger partial charge in [0.25, 0.3) is 5.91 Å². The second-order valence-corrected chi connectivity index (χ2v) is 24.0. The minimum absolute atomic E-state index is 0.00711. The van der Waals surface area contributed by atoms with Crippen LogP contribution < -0.4 is 32.4 Å². The van der Waals surface area contributed by atoms with E-state index >= 15 is 0 Å². The van der Waals surface area contributed by atoms with Crippen LogP contribution in [-0.2, 0) is 33.5 Å². The van der Waals surface area contributed by atoms with E-state index in [4.69, 9.17) is 50.1 Å². The number of ether oxygens (including phenoxy) is 4. The van der Waals surface area contributed by atoms with Gasteiger partial charge in [-0.05, 0) is 125 Å². The Labute approximate surface area is 601 Å². The third-order valence-electron chi connectivity index (χ3n) is 16.3. The number of anilines is 4. The molecule has 3 aliphatic heterocycles. The summed E-state index contributed by atoms with van der Waals surface area (Å²) in [4.78, 5) is 84.8. The fourth-order valence-electron chi connectivity index (χ4n) is 11.8. The number of amides is 1. The van der Waals surface area contributed by atoms with Gasteiger partial charge in [0.1, 0.15) is 91.8 Å². The van der Waals surface area contributed by atoms with Gasteiger partial charge in [0.15, 0.2) is 33.5 Å². The van der Waals surface area contributed by atoms with Gasteiger partial charge >= 0.3 is 24.9 Å². The summed E-state index contributed by atoms with van der Waals surface area (Å²) in [7, 11) is 1.60. The van der Waals surface area contributed by atoms with E-state index in [1.807, 2.05) is 0 Å². The highest BCUT2D eigenvalue weighted by atomic mass is 79.9. The van der Waals surface area contributed by atoms with E-state index < -0.39 is 42.8 Å². The molecule has 25 nitrogen and oxygen atoms in total. The molecule has 0 radical (unpaired) electrons. The first-order valence-electron chi connectivity index (χ1n) is 31.4. The van der Waals surface area contributed by atoms with E-state index in [-0.39, 0.29) is 134 Å². The van der Waals surface area contributed by atoms with Crippen LogP contribution >= 0.6 is 15.9 Å². The number of cyclic esters (lactones) is 2. The Kier molecular flexibility index (Phi) is 19.8. The van der Waals surface area contributed by atoms with E-state index in [9.17, 15) is 49.9 Å². The molecule has 1 aliphatic carbocycles. The van der Waals surface area contributed by atoms with E-state index in [0.29, 0.717) is 72.9 Å². The molecule has 8 N–H and O–H groups in total. The maximum Gasteiger partial charge on any atom is 0.573 e. The first-order valence-corrected chi connectivity index (χ1v) is 32.2. The number of ketones is 1. The number of alkyl halides is 5. The van der Waals surface area contributed by atoms with Crippen LogP contribution in [0.5, 0.6) is 11.5 Å². The number of halogens is 8. The van der Waals surface area contributed by atoms with Gasteiger partial charge in [-0.3, -0.25) is 9.59 Å². The topological polar surface area (TPSA) is 368 Å². The molecule has 1 amide bonds. The van der Waals surface area contributed by atoms with E-state index in [2.05, 4.69) is 65.3 Å². The Morgan fingerprint density at radius 3 is 1.75 bits per heavy atom. The van der Waals surface area contributed by atoms with Crippen molar-refractivity contribution in [2.45, 2.75) is 51.2 Å². The van der Waals surface area contributed by atoms with Crippen molar-refractivity contribution >= 4 is 87.0 Å². The van der Waals surface area contributed by atoms with Crippen LogP contribution in [0.3, 0.4) is 0 Å². The van der Waals surface area contributed by atoms with E-state index in [0.717, 1.165) is 0 Å². The molecule has 106 heavy (non-hydrogen) atoms. The molecule has 0 saturated carbocycles. The number of furan rings is 4. The largest absolute Gasteiger partial charge is 0.573 e. The highest BCUT2D eigenvalue weighted by Gasteiger charge is 2.42. The predicted molar refractivity (Wildman–Crippen MR) is 368 cm³/mol. The Hall–Kier alpha value is -13.3. The van der Waals surface area contributed by atoms with Crippen molar-refractivity contribution in [3.8, 4) is 57.3 Å². The number of hydrogen-bond donors (Lipinski definition) is 4. The summed E-state index contributed by atoms with van der Waals surface area (Å²) < 4.78 is 133. The summed E-state index contributed by atoms with van der Waals surface area (Å²) >= 11 is 3.17. The summed E-state index contributed by atoms with van der Waals surface area (Å²) in [5.74, 6) is -1.34. The Balaban J connectivity index is 0.000000125. The third-order valence-corrected chi connectivity index (χ3v) is 16.8. The quantitative estimate of drug-likeness (QED) is 0.0615. The number of aromatic nitrogens is 8. The number of hydrogen-bond acceptors (Lipinski definition) is 24. The summed E-state index contributed by atoms with van der Waals surface area (Å²) in [5.41, 5.74) is 28.5. The molecule has 16 rings (SSSR count). The molecule has 8 aromatic heterocycles. The summed E-state index contributed by atoms with van der Waals surface area (Å²) in [6, 6.07) is 37.9. The molecule has 0 spiro atoms. The number of carbonyl (C=O) groups excluding carboxylic acids is 4. The molecule has 2 atom stereocenters. The molecule has 11 heterocycles. The first kappa shape index (κ1) is 71.1. The van der Waals surface area contributed by atoms with Crippen molar-refractivity contribution in [3.05, 3.63) is 247 Å². The first-order chi connectivity index (χ1) is 50.8. The summed E-state index contributed by atoms with van der Waals surface area (Å²) in [6.07, 6.45) is 0.514. The highest BCUT2D eigenvalue weighted by molar-refractivity contribution is 9.10. The second kappa shape index (κ2) is 29.6. The molecule has 536 valence electrons. The molecule has 4 aromatic carbocycles. The Morgan fingerprint density at radius 2 is 1.12 bits per heavy atom. The fraction of sp³-hybridized carbons (Fsp3) is 0.123. The number of esters is 2. The van der Waals surface area contributed by atoms with Crippen molar-refractivity contribution in [2.24, 2.45) is 0 Å². The number of nitrogens with zero attached hydrogens (tertiary/aromatic N) is 9. The van der Waals surface area contributed by atoms with Crippen LogP contribution in [-0.4, -0.2) is 88.4 Å². The fourth-order valence-corrected chi connectivity index (χ4v) is 12.1. The Bertz CT molecular complexity index is 5480. The van der Waals surface area contributed by atoms with Gasteiger partial charge < -0.3 is 64.5 Å². The van der Waals surface area contributed by atoms with Gasteiger partial charge in [0, 0.05) is 36.6 Å². The minimum atomic E-state index is -4.85. The van der Waals surface area contributed by atoms with Crippen LogP contribution in [0.4, 0.5) is 54.5 Å². The van der Waals surface area contributed by atoms with Crippen LogP contribution in [0.2, 0.25) is 0 Å². The van der Waals surface area contributed by atoms with Crippen molar-refractivity contribution in [3.63, 3.8) is 0 Å². The van der Waals surface area contributed by atoms with Gasteiger partial charge in [0.05, 0.1) is 35.4 Å². The Morgan fingerprint density at radius 1 is 0.566 bits per heavy atom. The number of rotatable bonds is 13. The number of aryl methyl sites for hydroxylation is 1. The molecule has 12 aromatic rings. The predicted octanol–water partition coefficient (Wildman–Crippen LogP) is 14.3. The SMILES string of the molecule is CN1C(=O)c2c(nc(N)nc2-c2ccco2)/C1=C/c1ccccc1F.Cc1ccc(-c2nc(N)nc3c2C(=O)O/C3=C\c2ccccc2OC(F)F)o1.Nc1nc(-c2ccc(Br)o2)c2c(n1)C(Cc1ccccc1OC(F)(F)F)OC2=O.Nc1nc(-c2ccco2)c2c(n1)C(Cc1ccccc1F)C(=O)C2. The van der Waals surface area contributed by atoms with Gasteiger partial charge in [0.2, 0.25) is 23.8 Å². The lowest BCUT2D eigenvalue weighted by Crippen LogP contribution is -2.18. The maximum atomic E-state index is 14.0. The van der Waals surface area contributed by atoms with Crippen LogP contribution in [0, 0.1) is 18.6 Å². The standard InChI is InChI=1S/C19H13F2N3O4.C18H11BrF3N3O4.C18H13FN4O2.C18H14FN3O2/c1-9-6-7-12(26-9)15-14-16(24-19(22)23-15)13(27-17(14)25)8-10-4-2-3-5-11(10)28-18(20)21;19-12-6-5-10(27-12)14-13-15(25-17(23)24-14)11(28-16(13)26)7-8-3-1-2-4-9(8)29-18(20,21)22;1-23-12(9-10-5-2-3-6-11(10)19)15-14(17(23)24)16(22-18(20)21-15)13-7-4-8-25-13;19-13-5-2-1-4-10(13)8-11-14(23)9-12-16(11)21-18(20)22-17(12)15-6-3-7-24-15/h2-8,18H,1H3,(H2,22,23,24);1-6,11H,7H2,(H2,23,24,25);2-9H,1H3,(H2,20,21,22);1-7,11H,8-9H2,(H2,20,21,22)/b13-8-;;12-9-;. The molecule has 0 bridgehead atoms. The summed E-state index contributed by atoms with van der Waals surface area (Å²) in [5, 5.41) is 0. The van der Waals surface area contributed by atoms with Gasteiger partial charge in [-0.15, -0.1) is 13.2 Å². The van der Waals surface area contributed by atoms with E-state index in [1.165, 1.54) is 66.0 Å². The molecule has 0 fully saturated rings. The average Bonchev–Trinajstić information content (AvgIpc) is 1.62. The zero-order chi connectivity index (χ0) is 74.8. The van der Waals surface area contributed by atoms with Crippen molar-refractivity contribution in [1.82, 2.24) is 44.8 Å². The normalized spacial score (nSPS) is 15.4. The number of carbonyl (C=O) groups is 4. The number of fused-ring (bicyclic) bond motifs is 4. The third kappa shape index (κ3) is 15.1. The molecular formula is C73H51BrF7N13O12. The average molecular weight is 1520 g/mol. The monoisotopic (exact) mass is 1510 g/mol. The van der Waals surface area contributed by atoms with Crippen LogP contribution in [0.15, 0.2) is 180 Å². The van der Waals surface area contributed by atoms with Crippen molar-refractivity contribution in [2.75, 3.05) is 30.0 Å². The molecule has 0 saturated heterocycles. The lowest BCUT2D eigenvalue weighted by molar-refractivity contribution is -0.275. The number of nitrogens with two attached hydrogens (primary N) is 4. The van der Waals surface area contributed by atoms with Gasteiger partial charge in [-0.2, -0.15) is 8.78 Å². The van der Waals surface area contributed by atoms with Crippen molar-refractivity contribution < 1.29 is 86.5 Å². The zero-order valence-corrected chi connectivity index (χ0v) is 56.4. The lowest BCUT2D eigenvalue weighted by atomic mass is 9.96. The van der Waals surface area contributed by atoms with Crippen molar-refractivity contribution in [1.29, 1.82) is 0 Å². The summed E-state index contributed by atoms with van der Waals surface area (Å²) in [6.45, 7) is -1.25. The van der Waals surface area contributed by atoms with Crippen LogP contribution in [0.1, 0.15) is 99.4 Å². The smallest absolute Gasteiger partial charge is 0.463 e. The molecule has 4 aliphatic rings. The number of nitrogen functional groups attached to an aromatic ring is 4. The molecule has 2 unspecified atom stereocenters. The second-order valence-electron chi connectivity index (χ2n) is 23.2. The molecule has 33 heteroatoms. The molecular weight excluding hydrogens is 1460 g/mol. The van der Waals surface area contributed by atoms with Gasteiger partial charge in [-0.25, -0.2) is 58.2 Å². The number of benzene rings is 4. The number of Topliss-reactive ketones (excluding diaryl/α,β-unsaturated/α-hetero) is 1. The van der Waals surface area contributed by atoms with Crippen LogP contribution in [0.25, 0.3) is 69.4 Å². The van der Waals surface area contributed by atoms with E-state index in [1.54, 1.807) is 123 Å². The zero-order valence-electron chi connectivity index (χ0n) is 54.8. The van der Waals surface area contributed by atoms with Gasteiger partial charge in [-0.1, -0.05) is 72.8 Å². The number of para-hydroxylation sites is 2. The highest BCUT2D eigenvalue weighted by Crippen LogP contribution is 2.44. The minimum Gasteiger partial charge on any atom is -0.463 e. The lowest BCUT2D eigenvalue weighted by Gasteiger charge is -2.15.